The average Bonchev–Trinajstić information content (AvgIpc) is 2.35. The smallest absolute Gasteiger partial charge is 0.246 e. The van der Waals surface area contributed by atoms with E-state index < -0.39 is 32.7 Å². The lowest BCUT2D eigenvalue weighted by molar-refractivity contribution is -0.131. The van der Waals surface area contributed by atoms with E-state index in [0.29, 0.717) is 6.54 Å². The third kappa shape index (κ3) is 3.45. The number of carbonyl (C=O) groups excluding carboxylic acids is 1. The van der Waals surface area contributed by atoms with E-state index in [4.69, 9.17) is 5.73 Å². The van der Waals surface area contributed by atoms with Crippen molar-refractivity contribution in [2.45, 2.75) is 24.8 Å². The molecule has 0 saturated heterocycles. The van der Waals surface area contributed by atoms with Crippen molar-refractivity contribution in [3.63, 3.8) is 0 Å². The summed E-state index contributed by atoms with van der Waals surface area (Å²) in [4.78, 5) is 12.5. The molecule has 1 amide bonds. The number of likely N-dealkylation sites (N-methyl/N-ethyl adjacent to an activating group) is 1. The molecule has 3 N–H and O–H groups in total. The van der Waals surface area contributed by atoms with Crippen LogP contribution in [0.1, 0.15) is 13.8 Å². The maximum atomic E-state index is 13.6. The van der Waals surface area contributed by atoms with Crippen molar-refractivity contribution in [3.05, 3.63) is 24.0 Å². The lowest BCUT2D eigenvalue weighted by Gasteiger charge is -2.21. The van der Waals surface area contributed by atoms with Crippen LogP contribution in [0.15, 0.2) is 23.1 Å². The maximum absolute atomic E-state index is 13.6. The summed E-state index contributed by atoms with van der Waals surface area (Å²) in [7, 11) is -2.66. The predicted molar refractivity (Wildman–Crippen MR) is 73.9 cm³/mol. The lowest BCUT2D eigenvalue weighted by Crippen LogP contribution is -2.45. The van der Waals surface area contributed by atoms with Gasteiger partial charge in [-0.05, 0) is 26.0 Å². The Bertz CT molecular complexity index is 584. The fourth-order valence-corrected chi connectivity index (χ4v) is 3.02. The van der Waals surface area contributed by atoms with E-state index in [0.717, 1.165) is 6.07 Å². The maximum Gasteiger partial charge on any atom is 0.246 e. The molecular weight excluding hydrogens is 285 g/mol. The highest BCUT2D eigenvalue weighted by Gasteiger charge is 2.27. The number of rotatable bonds is 5. The number of halogens is 1. The van der Waals surface area contributed by atoms with E-state index in [-0.39, 0.29) is 5.69 Å². The summed E-state index contributed by atoms with van der Waals surface area (Å²) in [5.41, 5.74) is 5.28. The number of nitrogen functional groups attached to an aromatic ring is 1. The number of sulfonamides is 1. The summed E-state index contributed by atoms with van der Waals surface area (Å²) in [6, 6.07) is 2.57. The van der Waals surface area contributed by atoms with Gasteiger partial charge in [-0.15, -0.1) is 0 Å². The van der Waals surface area contributed by atoms with Crippen molar-refractivity contribution in [1.82, 2.24) is 9.62 Å². The van der Waals surface area contributed by atoms with E-state index in [1.807, 2.05) is 0 Å². The molecule has 0 aliphatic carbocycles. The second kappa shape index (κ2) is 6.19. The van der Waals surface area contributed by atoms with Crippen molar-refractivity contribution >= 4 is 21.6 Å². The molecule has 1 atom stereocenters. The summed E-state index contributed by atoms with van der Waals surface area (Å²) < 4.78 is 40.0. The molecular formula is C12H18FN3O3S. The van der Waals surface area contributed by atoms with E-state index in [2.05, 4.69) is 4.72 Å². The molecule has 1 unspecified atom stereocenters. The topological polar surface area (TPSA) is 92.5 Å². The molecule has 20 heavy (non-hydrogen) atoms. The molecule has 6 nitrogen and oxygen atoms in total. The monoisotopic (exact) mass is 303 g/mol. The van der Waals surface area contributed by atoms with Gasteiger partial charge in [0.25, 0.3) is 0 Å². The molecule has 0 aliphatic heterocycles. The van der Waals surface area contributed by atoms with Crippen molar-refractivity contribution in [2.24, 2.45) is 0 Å². The Hall–Kier alpha value is -1.67. The van der Waals surface area contributed by atoms with Gasteiger partial charge in [-0.2, -0.15) is 4.72 Å². The third-order valence-electron chi connectivity index (χ3n) is 2.82. The molecule has 0 aromatic heterocycles. The van der Waals surface area contributed by atoms with Crippen LogP contribution < -0.4 is 10.5 Å². The normalized spacial score (nSPS) is 13.0. The molecule has 0 radical (unpaired) electrons. The molecule has 1 aromatic rings. The largest absolute Gasteiger partial charge is 0.398 e. The van der Waals surface area contributed by atoms with Gasteiger partial charge in [0.05, 0.1) is 11.7 Å². The minimum Gasteiger partial charge on any atom is -0.398 e. The van der Waals surface area contributed by atoms with Crippen LogP contribution >= 0.6 is 0 Å². The second-order valence-corrected chi connectivity index (χ2v) is 6.00. The van der Waals surface area contributed by atoms with Gasteiger partial charge in [-0.25, -0.2) is 12.8 Å². The van der Waals surface area contributed by atoms with Gasteiger partial charge >= 0.3 is 0 Å². The zero-order valence-electron chi connectivity index (χ0n) is 11.6. The van der Waals surface area contributed by atoms with E-state index in [9.17, 15) is 17.6 Å². The van der Waals surface area contributed by atoms with Gasteiger partial charge in [0, 0.05) is 13.6 Å². The van der Waals surface area contributed by atoms with Gasteiger partial charge in [0.2, 0.25) is 15.9 Å². The zero-order valence-corrected chi connectivity index (χ0v) is 12.4. The zero-order chi connectivity index (χ0) is 15.5. The highest BCUT2D eigenvalue weighted by molar-refractivity contribution is 7.89. The molecule has 0 spiro atoms. The first-order valence-corrected chi connectivity index (χ1v) is 7.50. The Morgan fingerprint density at radius 1 is 1.50 bits per heavy atom. The van der Waals surface area contributed by atoms with Crippen LogP contribution in [0.4, 0.5) is 10.1 Å². The number of benzene rings is 1. The quantitative estimate of drug-likeness (QED) is 0.777. The number of carbonyl (C=O) groups is 1. The highest BCUT2D eigenvalue weighted by atomic mass is 32.2. The van der Waals surface area contributed by atoms with Gasteiger partial charge < -0.3 is 10.6 Å². The Labute approximate surface area is 117 Å². The van der Waals surface area contributed by atoms with E-state index in [1.165, 1.54) is 24.0 Å². The fraction of sp³-hybridized carbons (Fsp3) is 0.417. The number of nitrogens with one attached hydrogen (secondary N) is 1. The van der Waals surface area contributed by atoms with Crippen molar-refractivity contribution in [2.75, 3.05) is 19.3 Å². The second-order valence-electron chi connectivity index (χ2n) is 4.35. The lowest BCUT2D eigenvalue weighted by atomic mass is 10.3. The molecule has 1 aromatic carbocycles. The molecule has 0 fully saturated rings. The van der Waals surface area contributed by atoms with Gasteiger partial charge in [-0.1, -0.05) is 6.07 Å². The van der Waals surface area contributed by atoms with Crippen LogP contribution in [0.5, 0.6) is 0 Å². The standard InChI is InChI=1S/C12H18FN3O3S/c1-4-16(3)12(17)8(2)15-20(18,19)11-9(13)6-5-7-10(11)14/h5-8,15H,4,14H2,1-3H3. The number of hydrogen-bond donors (Lipinski definition) is 2. The fourth-order valence-electron chi connectivity index (χ4n) is 1.64. The third-order valence-corrected chi connectivity index (χ3v) is 4.45. The minimum absolute atomic E-state index is 0.207. The Kier molecular flexibility index (Phi) is 5.07. The highest BCUT2D eigenvalue weighted by Crippen LogP contribution is 2.21. The van der Waals surface area contributed by atoms with Crippen LogP contribution in [0.2, 0.25) is 0 Å². The minimum atomic E-state index is -4.21. The van der Waals surface area contributed by atoms with Gasteiger partial charge in [0.1, 0.15) is 10.7 Å². The first-order valence-electron chi connectivity index (χ1n) is 6.02. The van der Waals surface area contributed by atoms with Gasteiger partial charge in [-0.3, -0.25) is 4.79 Å². The summed E-state index contributed by atoms with van der Waals surface area (Å²) in [5.74, 6) is -1.37. The summed E-state index contributed by atoms with van der Waals surface area (Å²) >= 11 is 0. The first-order chi connectivity index (χ1) is 9.20. The first kappa shape index (κ1) is 16.4. The molecule has 1 rings (SSSR count). The molecule has 0 heterocycles. The SMILES string of the molecule is CCN(C)C(=O)C(C)NS(=O)(=O)c1c(N)cccc1F. The van der Waals surface area contributed by atoms with E-state index >= 15 is 0 Å². The number of anilines is 1. The van der Waals surface area contributed by atoms with Crippen molar-refractivity contribution < 1.29 is 17.6 Å². The van der Waals surface area contributed by atoms with Crippen LogP contribution in [0.3, 0.4) is 0 Å². The van der Waals surface area contributed by atoms with Crippen molar-refractivity contribution in [1.29, 1.82) is 0 Å². The molecule has 112 valence electrons. The Morgan fingerprint density at radius 3 is 2.60 bits per heavy atom. The van der Waals surface area contributed by atoms with Crippen molar-refractivity contribution in [3.8, 4) is 0 Å². The van der Waals surface area contributed by atoms with Gasteiger partial charge in [0.15, 0.2) is 0 Å². The van der Waals surface area contributed by atoms with E-state index in [1.54, 1.807) is 14.0 Å². The average molecular weight is 303 g/mol. The predicted octanol–water partition coefficient (Wildman–Crippen LogP) is 0.553. The Morgan fingerprint density at radius 2 is 2.10 bits per heavy atom. The summed E-state index contributed by atoms with van der Waals surface area (Å²) in [6.45, 7) is 3.59. The molecule has 8 heteroatoms. The number of hydrogen-bond acceptors (Lipinski definition) is 4. The summed E-state index contributed by atoms with van der Waals surface area (Å²) in [6.07, 6.45) is 0. The molecule has 0 bridgehead atoms. The van der Waals surface area contributed by atoms with Crippen LogP contribution in [0.25, 0.3) is 0 Å². The van der Waals surface area contributed by atoms with Crippen LogP contribution in [-0.2, 0) is 14.8 Å². The van der Waals surface area contributed by atoms with Crippen LogP contribution in [-0.4, -0.2) is 38.9 Å². The number of amides is 1. The van der Waals surface area contributed by atoms with Crippen LogP contribution in [0, 0.1) is 5.82 Å². The number of nitrogens with two attached hydrogens (primary N) is 1. The summed E-state index contributed by atoms with van der Waals surface area (Å²) in [5, 5.41) is 0. The Balaban J connectivity index is 3.05. The number of nitrogens with zero attached hydrogens (tertiary/aromatic N) is 1. The molecule has 0 saturated carbocycles. The molecule has 0 aliphatic rings.